The maximum atomic E-state index is 12.9. The number of morpholine rings is 1. The molecule has 2 aliphatic rings. The molecular formula is C24H27ClF3N3O2. The average Bonchev–Trinajstić information content (AvgIpc) is 3.02. The normalized spacial score (nSPS) is 17.4. The van der Waals surface area contributed by atoms with Gasteiger partial charge < -0.3 is 15.0 Å². The summed E-state index contributed by atoms with van der Waals surface area (Å²) in [6.07, 6.45) is -4.18. The number of rotatable bonds is 5. The number of halogens is 4. The van der Waals surface area contributed by atoms with Gasteiger partial charge in [-0.3, -0.25) is 9.69 Å². The van der Waals surface area contributed by atoms with Crippen LogP contribution in [0.5, 0.6) is 0 Å². The topological polar surface area (TPSA) is 44.8 Å². The molecule has 2 aromatic carbocycles. The molecule has 2 aliphatic heterocycles. The minimum absolute atomic E-state index is 0.0105. The summed E-state index contributed by atoms with van der Waals surface area (Å²) in [4.78, 5) is 14.9. The molecule has 4 rings (SSSR count). The fraction of sp³-hybridized carbons (Fsp3) is 0.458. The standard InChI is InChI=1S/C24H27ClF3N3O2/c25-21-6-5-19-7-9-31(23(32)24(26,27)28)10-8-20(19)22(21)29-15-17-1-3-18(4-2-17)16-30-11-13-33-14-12-30/h1-6,29H,7-16H2. The quantitative estimate of drug-likeness (QED) is 0.692. The maximum absolute atomic E-state index is 12.9. The summed E-state index contributed by atoms with van der Waals surface area (Å²) >= 11 is 6.45. The molecule has 0 spiro atoms. The van der Waals surface area contributed by atoms with E-state index < -0.39 is 12.1 Å². The van der Waals surface area contributed by atoms with Gasteiger partial charge in [-0.2, -0.15) is 13.2 Å². The van der Waals surface area contributed by atoms with Crippen molar-refractivity contribution < 1.29 is 22.7 Å². The first-order chi connectivity index (χ1) is 15.8. The molecule has 1 fully saturated rings. The minimum atomic E-state index is -4.86. The summed E-state index contributed by atoms with van der Waals surface area (Å²) in [5.74, 6) is -1.78. The van der Waals surface area contributed by atoms with Gasteiger partial charge in [-0.25, -0.2) is 0 Å². The summed E-state index contributed by atoms with van der Waals surface area (Å²) in [7, 11) is 0. The fourth-order valence-electron chi connectivity index (χ4n) is 4.34. The molecule has 1 saturated heterocycles. The second kappa shape index (κ2) is 10.3. The highest BCUT2D eigenvalue weighted by atomic mass is 35.5. The largest absolute Gasteiger partial charge is 0.471 e. The van der Waals surface area contributed by atoms with E-state index in [9.17, 15) is 18.0 Å². The van der Waals surface area contributed by atoms with E-state index in [0.29, 0.717) is 24.4 Å². The molecule has 1 N–H and O–H groups in total. The molecule has 9 heteroatoms. The molecule has 0 radical (unpaired) electrons. The van der Waals surface area contributed by atoms with Gasteiger partial charge in [-0.1, -0.05) is 41.9 Å². The van der Waals surface area contributed by atoms with Crippen LogP contribution in [0.25, 0.3) is 0 Å². The zero-order valence-corrected chi connectivity index (χ0v) is 19.0. The first-order valence-corrected chi connectivity index (χ1v) is 11.5. The van der Waals surface area contributed by atoms with Gasteiger partial charge >= 0.3 is 12.1 Å². The van der Waals surface area contributed by atoms with Crippen molar-refractivity contribution in [3.8, 4) is 0 Å². The van der Waals surface area contributed by atoms with Crippen LogP contribution in [0.15, 0.2) is 36.4 Å². The Bertz CT molecular complexity index is 976. The first-order valence-electron chi connectivity index (χ1n) is 11.1. The summed E-state index contributed by atoms with van der Waals surface area (Å²) < 4.78 is 44.0. The van der Waals surface area contributed by atoms with Crippen LogP contribution < -0.4 is 5.32 Å². The van der Waals surface area contributed by atoms with E-state index >= 15 is 0 Å². The summed E-state index contributed by atoms with van der Waals surface area (Å²) in [6.45, 7) is 4.90. The first kappa shape index (κ1) is 23.9. The Morgan fingerprint density at radius 1 is 0.970 bits per heavy atom. The molecule has 2 heterocycles. The van der Waals surface area contributed by atoms with Gasteiger partial charge in [0.2, 0.25) is 0 Å². The Labute approximate surface area is 196 Å². The van der Waals surface area contributed by atoms with Crippen LogP contribution in [-0.2, 0) is 35.5 Å². The van der Waals surface area contributed by atoms with Crippen LogP contribution in [0.2, 0.25) is 5.02 Å². The molecule has 1 amide bonds. The highest BCUT2D eigenvalue weighted by molar-refractivity contribution is 6.33. The molecule has 33 heavy (non-hydrogen) atoms. The Morgan fingerprint density at radius 2 is 1.64 bits per heavy atom. The Balaban J connectivity index is 1.41. The maximum Gasteiger partial charge on any atom is 0.471 e. The monoisotopic (exact) mass is 481 g/mol. The minimum Gasteiger partial charge on any atom is -0.380 e. The zero-order chi connectivity index (χ0) is 23.4. The number of fused-ring (bicyclic) bond motifs is 1. The van der Waals surface area contributed by atoms with E-state index in [0.717, 1.165) is 60.1 Å². The summed E-state index contributed by atoms with van der Waals surface area (Å²) in [6, 6.07) is 12.0. The van der Waals surface area contributed by atoms with Crippen LogP contribution in [0.1, 0.15) is 22.3 Å². The molecular weight excluding hydrogens is 455 g/mol. The highest BCUT2D eigenvalue weighted by Crippen LogP contribution is 2.32. The van der Waals surface area contributed by atoms with Gasteiger partial charge in [0, 0.05) is 39.3 Å². The van der Waals surface area contributed by atoms with Gasteiger partial charge in [0.05, 0.1) is 23.9 Å². The third-order valence-electron chi connectivity index (χ3n) is 6.17. The van der Waals surface area contributed by atoms with Gasteiger partial charge in [-0.05, 0) is 41.2 Å². The van der Waals surface area contributed by atoms with E-state index in [1.807, 2.05) is 6.07 Å². The van der Waals surface area contributed by atoms with E-state index in [-0.39, 0.29) is 13.1 Å². The Hall–Kier alpha value is -2.29. The van der Waals surface area contributed by atoms with Crippen LogP contribution >= 0.6 is 11.6 Å². The van der Waals surface area contributed by atoms with Gasteiger partial charge in [0.1, 0.15) is 0 Å². The molecule has 0 aliphatic carbocycles. The number of amides is 1. The smallest absolute Gasteiger partial charge is 0.380 e. The van der Waals surface area contributed by atoms with Crippen molar-refractivity contribution in [2.75, 3.05) is 44.7 Å². The number of nitrogens with zero attached hydrogens (tertiary/aromatic N) is 2. The second-order valence-electron chi connectivity index (χ2n) is 8.41. The summed E-state index contributed by atoms with van der Waals surface area (Å²) in [5, 5.41) is 3.90. The van der Waals surface area contributed by atoms with Crippen molar-refractivity contribution >= 4 is 23.2 Å². The number of carbonyl (C=O) groups is 1. The van der Waals surface area contributed by atoms with Crippen molar-refractivity contribution in [3.05, 3.63) is 63.7 Å². The van der Waals surface area contributed by atoms with Gasteiger partial charge in [0.25, 0.3) is 0 Å². The van der Waals surface area contributed by atoms with Gasteiger partial charge in [0.15, 0.2) is 0 Å². The predicted octanol–water partition coefficient (Wildman–Crippen LogP) is 4.27. The van der Waals surface area contributed by atoms with Crippen LogP contribution in [0, 0.1) is 0 Å². The van der Waals surface area contributed by atoms with E-state index in [1.54, 1.807) is 6.07 Å². The zero-order valence-electron chi connectivity index (χ0n) is 18.3. The van der Waals surface area contributed by atoms with Crippen LogP contribution in [-0.4, -0.2) is 61.3 Å². The second-order valence-corrected chi connectivity index (χ2v) is 8.82. The van der Waals surface area contributed by atoms with Crippen molar-refractivity contribution in [1.29, 1.82) is 0 Å². The van der Waals surface area contributed by atoms with Crippen LogP contribution in [0.3, 0.4) is 0 Å². The molecule has 0 atom stereocenters. The lowest BCUT2D eigenvalue weighted by Crippen LogP contribution is -2.42. The van der Waals surface area contributed by atoms with E-state index in [2.05, 4.69) is 34.5 Å². The number of alkyl halides is 3. The Kier molecular flexibility index (Phi) is 7.46. The molecule has 0 bridgehead atoms. The molecule has 178 valence electrons. The molecule has 2 aromatic rings. The van der Waals surface area contributed by atoms with Crippen LogP contribution in [0.4, 0.5) is 18.9 Å². The lowest BCUT2D eigenvalue weighted by Gasteiger charge is -2.26. The number of hydrogen-bond acceptors (Lipinski definition) is 4. The van der Waals surface area contributed by atoms with Gasteiger partial charge in [-0.15, -0.1) is 0 Å². The summed E-state index contributed by atoms with van der Waals surface area (Å²) in [5.41, 5.74) is 4.84. The lowest BCUT2D eigenvalue weighted by atomic mass is 10.0. The number of anilines is 1. The SMILES string of the molecule is O=C(N1CCc2ccc(Cl)c(NCc3ccc(CN4CCOCC4)cc3)c2CC1)C(F)(F)F. The Morgan fingerprint density at radius 3 is 2.33 bits per heavy atom. The average molecular weight is 482 g/mol. The third-order valence-corrected chi connectivity index (χ3v) is 6.49. The molecule has 5 nitrogen and oxygen atoms in total. The number of benzene rings is 2. The third kappa shape index (κ3) is 5.99. The van der Waals surface area contributed by atoms with Crippen molar-refractivity contribution in [3.63, 3.8) is 0 Å². The molecule has 0 unspecified atom stereocenters. The number of hydrogen-bond donors (Lipinski definition) is 1. The van der Waals surface area contributed by atoms with Crippen molar-refractivity contribution in [2.24, 2.45) is 0 Å². The highest BCUT2D eigenvalue weighted by Gasteiger charge is 2.42. The fourth-order valence-corrected chi connectivity index (χ4v) is 4.58. The van der Waals surface area contributed by atoms with E-state index in [1.165, 1.54) is 5.56 Å². The van der Waals surface area contributed by atoms with Crippen molar-refractivity contribution in [1.82, 2.24) is 9.80 Å². The molecule has 0 aromatic heterocycles. The number of carbonyl (C=O) groups excluding carboxylic acids is 1. The number of nitrogens with one attached hydrogen (secondary N) is 1. The lowest BCUT2D eigenvalue weighted by molar-refractivity contribution is -0.185. The van der Waals surface area contributed by atoms with Crippen molar-refractivity contribution in [2.45, 2.75) is 32.1 Å². The number of ether oxygens (including phenoxy) is 1. The van der Waals surface area contributed by atoms with E-state index in [4.69, 9.17) is 16.3 Å². The molecule has 0 saturated carbocycles. The predicted molar refractivity (Wildman–Crippen MR) is 121 cm³/mol.